The molecule has 2 aromatic rings. The molecule has 0 unspecified atom stereocenters. The number of hydrogen-bond acceptors (Lipinski definition) is 3. The van der Waals surface area contributed by atoms with Gasteiger partial charge in [-0.15, -0.1) is 0 Å². The second kappa shape index (κ2) is 5.49. The van der Waals surface area contributed by atoms with Crippen LogP contribution in [0.2, 0.25) is 0 Å². The molecule has 1 aliphatic heterocycles. The molecule has 0 bridgehead atoms. The molecular formula is C20H15NO3. The molecule has 0 spiro atoms. The van der Waals surface area contributed by atoms with Gasteiger partial charge in [0.05, 0.1) is 6.42 Å². The van der Waals surface area contributed by atoms with Gasteiger partial charge in [-0.2, -0.15) is 0 Å². The van der Waals surface area contributed by atoms with Crippen LogP contribution in [0.5, 0.6) is 5.75 Å². The molecule has 0 atom stereocenters. The van der Waals surface area contributed by atoms with Crippen molar-refractivity contribution in [1.82, 2.24) is 5.32 Å². The molecule has 0 aromatic heterocycles. The van der Waals surface area contributed by atoms with Crippen molar-refractivity contribution >= 4 is 28.7 Å². The molecule has 2 aromatic carbocycles. The van der Waals surface area contributed by atoms with E-state index in [4.69, 9.17) is 0 Å². The molecule has 4 nitrogen and oxygen atoms in total. The Bertz CT molecular complexity index is 980. The maximum absolute atomic E-state index is 11.8. The number of phenolic OH excluding ortho intramolecular Hbond substituents is 1. The SMILES string of the molecule is O=C1CC2=CC(=Cc3ccc(O)c4ccccc34)CC=C2C(=O)N1. The number of hydrogen-bond donors (Lipinski definition) is 2. The summed E-state index contributed by atoms with van der Waals surface area (Å²) in [6, 6.07) is 11.2. The quantitative estimate of drug-likeness (QED) is 0.794. The number of nitrogens with one attached hydrogen (secondary N) is 1. The first-order valence-corrected chi connectivity index (χ1v) is 7.78. The molecule has 24 heavy (non-hydrogen) atoms. The van der Waals surface area contributed by atoms with Crippen LogP contribution in [0.4, 0.5) is 0 Å². The van der Waals surface area contributed by atoms with Gasteiger partial charge in [0.2, 0.25) is 5.91 Å². The van der Waals surface area contributed by atoms with E-state index in [0.29, 0.717) is 12.0 Å². The topological polar surface area (TPSA) is 66.4 Å². The first kappa shape index (κ1) is 14.5. The number of piperidine rings is 1. The molecule has 4 heteroatoms. The lowest BCUT2D eigenvalue weighted by atomic mass is 9.88. The summed E-state index contributed by atoms with van der Waals surface area (Å²) in [6.07, 6.45) is 6.69. The number of phenols is 1. The van der Waals surface area contributed by atoms with Crippen LogP contribution < -0.4 is 5.32 Å². The summed E-state index contributed by atoms with van der Waals surface area (Å²) in [6.45, 7) is 0. The van der Waals surface area contributed by atoms with Crippen LogP contribution in [-0.2, 0) is 9.59 Å². The van der Waals surface area contributed by atoms with Crippen LogP contribution in [-0.4, -0.2) is 16.9 Å². The monoisotopic (exact) mass is 317 g/mol. The van der Waals surface area contributed by atoms with E-state index < -0.39 is 0 Å². The summed E-state index contributed by atoms with van der Waals surface area (Å²) in [5.74, 6) is -0.321. The first-order chi connectivity index (χ1) is 11.6. The van der Waals surface area contributed by atoms with Crippen LogP contribution >= 0.6 is 0 Å². The largest absolute Gasteiger partial charge is 0.507 e. The average molecular weight is 317 g/mol. The van der Waals surface area contributed by atoms with Gasteiger partial charge >= 0.3 is 0 Å². The van der Waals surface area contributed by atoms with E-state index in [9.17, 15) is 14.7 Å². The highest BCUT2D eigenvalue weighted by Crippen LogP contribution is 2.32. The fourth-order valence-electron chi connectivity index (χ4n) is 3.24. The average Bonchev–Trinajstić information content (AvgIpc) is 2.57. The Morgan fingerprint density at radius 2 is 1.83 bits per heavy atom. The number of benzene rings is 2. The molecule has 0 saturated carbocycles. The summed E-state index contributed by atoms with van der Waals surface area (Å²) in [5.41, 5.74) is 3.40. The van der Waals surface area contributed by atoms with E-state index in [0.717, 1.165) is 27.5 Å². The third kappa shape index (κ3) is 2.42. The third-order valence-corrected chi connectivity index (χ3v) is 4.37. The number of imide groups is 1. The van der Waals surface area contributed by atoms with Crippen molar-refractivity contribution in [3.63, 3.8) is 0 Å². The van der Waals surface area contributed by atoms with Gasteiger partial charge in [0.25, 0.3) is 5.91 Å². The van der Waals surface area contributed by atoms with Gasteiger partial charge in [0.15, 0.2) is 0 Å². The van der Waals surface area contributed by atoms with Gasteiger partial charge in [-0.3, -0.25) is 14.9 Å². The summed E-state index contributed by atoms with van der Waals surface area (Å²) in [7, 11) is 0. The normalized spacial score (nSPS) is 18.9. The smallest absolute Gasteiger partial charge is 0.257 e. The van der Waals surface area contributed by atoms with Gasteiger partial charge in [-0.1, -0.05) is 48.6 Å². The van der Waals surface area contributed by atoms with Gasteiger partial charge in [0.1, 0.15) is 5.75 Å². The predicted molar refractivity (Wildman–Crippen MR) is 92.1 cm³/mol. The summed E-state index contributed by atoms with van der Waals surface area (Å²) in [5, 5.41) is 14.1. The van der Waals surface area contributed by atoms with E-state index in [2.05, 4.69) is 5.32 Å². The highest BCUT2D eigenvalue weighted by Gasteiger charge is 2.26. The maximum atomic E-state index is 11.8. The molecule has 2 aliphatic rings. The fourth-order valence-corrected chi connectivity index (χ4v) is 3.24. The predicted octanol–water partition coefficient (Wildman–Crippen LogP) is 3.23. The number of carbonyl (C=O) groups excluding carboxylic acids is 2. The lowest BCUT2D eigenvalue weighted by Gasteiger charge is -2.21. The van der Waals surface area contributed by atoms with Crippen molar-refractivity contribution in [2.45, 2.75) is 12.8 Å². The summed E-state index contributed by atoms with van der Waals surface area (Å²) >= 11 is 0. The lowest BCUT2D eigenvalue weighted by molar-refractivity contribution is -0.129. The Labute approximate surface area is 138 Å². The lowest BCUT2D eigenvalue weighted by Crippen LogP contribution is -2.37. The minimum Gasteiger partial charge on any atom is -0.507 e. The summed E-state index contributed by atoms with van der Waals surface area (Å²) < 4.78 is 0. The van der Waals surface area contributed by atoms with E-state index in [1.807, 2.05) is 48.6 Å². The van der Waals surface area contributed by atoms with E-state index in [1.165, 1.54) is 0 Å². The number of allylic oxidation sites excluding steroid dienone is 3. The molecule has 1 heterocycles. The zero-order valence-electron chi connectivity index (χ0n) is 12.9. The molecular weight excluding hydrogens is 302 g/mol. The van der Waals surface area contributed by atoms with Crippen molar-refractivity contribution < 1.29 is 14.7 Å². The molecule has 1 aliphatic carbocycles. The second-order valence-corrected chi connectivity index (χ2v) is 5.98. The van der Waals surface area contributed by atoms with Crippen LogP contribution in [0.25, 0.3) is 16.8 Å². The first-order valence-electron chi connectivity index (χ1n) is 7.78. The Morgan fingerprint density at radius 3 is 2.67 bits per heavy atom. The van der Waals surface area contributed by atoms with E-state index >= 15 is 0 Å². The maximum Gasteiger partial charge on any atom is 0.257 e. The zero-order valence-corrected chi connectivity index (χ0v) is 12.9. The van der Waals surface area contributed by atoms with Crippen LogP contribution in [0, 0.1) is 0 Å². The standard InChI is InChI=1S/C20H15NO3/c22-18-8-6-13(15-3-1-2-4-17(15)18)9-12-5-7-16-14(10-12)11-19(23)21-20(16)24/h1-4,6-10,22H,5,11H2,(H,21,23,24). The van der Waals surface area contributed by atoms with Crippen molar-refractivity contribution in [3.05, 3.63) is 70.8 Å². The molecule has 118 valence electrons. The van der Waals surface area contributed by atoms with Gasteiger partial charge in [0, 0.05) is 11.0 Å². The zero-order chi connectivity index (χ0) is 16.7. The second-order valence-electron chi connectivity index (χ2n) is 5.98. The molecule has 1 fully saturated rings. The minimum absolute atomic E-state index is 0.227. The number of carbonyl (C=O) groups is 2. The third-order valence-electron chi connectivity index (χ3n) is 4.37. The Hall–Kier alpha value is -3.14. The van der Waals surface area contributed by atoms with E-state index in [-0.39, 0.29) is 24.0 Å². The Kier molecular flexibility index (Phi) is 3.31. The number of rotatable bonds is 1. The highest BCUT2D eigenvalue weighted by atomic mass is 16.3. The summed E-state index contributed by atoms with van der Waals surface area (Å²) in [4.78, 5) is 23.4. The molecule has 2 N–H and O–H groups in total. The number of fused-ring (bicyclic) bond motifs is 2. The van der Waals surface area contributed by atoms with Crippen molar-refractivity contribution in [2.24, 2.45) is 0 Å². The van der Waals surface area contributed by atoms with E-state index in [1.54, 1.807) is 6.07 Å². The number of aromatic hydroxyl groups is 1. The van der Waals surface area contributed by atoms with Gasteiger partial charge in [-0.05, 0) is 34.6 Å². The minimum atomic E-state index is -0.313. The Morgan fingerprint density at radius 1 is 1.04 bits per heavy atom. The van der Waals surface area contributed by atoms with Crippen LogP contribution in [0.15, 0.2) is 65.3 Å². The molecule has 0 radical (unpaired) electrons. The Balaban J connectivity index is 1.77. The van der Waals surface area contributed by atoms with Crippen molar-refractivity contribution in [2.75, 3.05) is 0 Å². The van der Waals surface area contributed by atoms with Gasteiger partial charge < -0.3 is 5.11 Å². The van der Waals surface area contributed by atoms with Crippen LogP contribution in [0.1, 0.15) is 18.4 Å². The highest BCUT2D eigenvalue weighted by molar-refractivity contribution is 6.12. The molecule has 2 amide bonds. The van der Waals surface area contributed by atoms with Crippen molar-refractivity contribution in [1.29, 1.82) is 0 Å². The molecule has 4 rings (SSSR count). The number of amides is 2. The van der Waals surface area contributed by atoms with Crippen LogP contribution in [0.3, 0.4) is 0 Å². The molecule has 1 saturated heterocycles. The fraction of sp³-hybridized carbons (Fsp3) is 0.100. The van der Waals surface area contributed by atoms with Gasteiger partial charge in [-0.25, -0.2) is 0 Å². The van der Waals surface area contributed by atoms with Crippen molar-refractivity contribution in [3.8, 4) is 5.75 Å².